The molecule has 0 saturated carbocycles. The van der Waals surface area contributed by atoms with Crippen molar-refractivity contribution in [3.8, 4) is 0 Å². The first-order valence-electron chi connectivity index (χ1n) is 33.2. The van der Waals surface area contributed by atoms with E-state index >= 15 is 0 Å². The van der Waals surface area contributed by atoms with Crippen LogP contribution in [-0.2, 0) is 65.4 Å². The number of phosphoric ester groups is 2. The lowest BCUT2D eigenvalue weighted by molar-refractivity contribution is -0.161. The Morgan fingerprint density at radius 3 is 0.855 bits per heavy atom. The van der Waals surface area contributed by atoms with Gasteiger partial charge in [-0.3, -0.25) is 37.3 Å². The summed E-state index contributed by atoms with van der Waals surface area (Å²) < 4.78 is 68.0. The lowest BCUT2D eigenvalue weighted by Gasteiger charge is -2.21. The van der Waals surface area contributed by atoms with Crippen LogP contribution >= 0.6 is 15.6 Å². The third kappa shape index (κ3) is 57.6. The van der Waals surface area contributed by atoms with Gasteiger partial charge in [-0.25, -0.2) is 9.13 Å². The van der Waals surface area contributed by atoms with Gasteiger partial charge < -0.3 is 33.8 Å². The Morgan fingerprint density at radius 1 is 0.337 bits per heavy atom. The van der Waals surface area contributed by atoms with Crippen LogP contribution < -0.4 is 0 Å². The molecule has 3 N–H and O–H groups in total. The number of carbonyl (C=O) groups is 4. The van der Waals surface area contributed by atoms with E-state index in [9.17, 15) is 43.2 Å². The van der Waals surface area contributed by atoms with Crippen LogP contribution in [0.4, 0.5) is 0 Å². The molecule has 0 aliphatic heterocycles. The summed E-state index contributed by atoms with van der Waals surface area (Å²) in [6.45, 7) is 13.9. The maximum Gasteiger partial charge on any atom is 0.472 e. The lowest BCUT2D eigenvalue weighted by Crippen LogP contribution is -2.30. The summed E-state index contributed by atoms with van der Waals surface area (Å²) in [5, 5.41) is 10.5. The van der Waals surface area contributed by atoms with Crippen LogP contribution in [0, 0.1) is 23.7 Å². The monoisotopic (exact) mass is 1230 g/mol. The molecule has 0 aromatic carbocycles. The SMILES string of the molecule is CCC(C)CCCCCCCCCCC(=O)O[C@H](COC(=O)CCCCCCCCC(C)C)COP(=O)(O)OC[C@H](O)COP(=O)(O)OC[C@@H](COC(=O)CCCCCCCCCCC(C)C)OC(=O)CCCCCCCCCCC(C)C. The van der Waals surface area contributed by atoms with E-state index in [1.807, 2.05) is 0 Å². The molecular weight excluding hydrogens is 1100 g/mol. The predicted molar refractivity (Wildman–Crippen MR) is 331 cm³/mol. The van der Waals surface area contributed by atoms with Gasteiger partial charge in [0, 0.05) is 25.7 Å². The van der Waals surface area contributed by atoms with Crippen LogP contribution in [0.1, 0.15) is 306 Å². The number of unbranched alkanes of at least 4 members (excludes halogenated alkanes) is 26. The summed E-state index contributed by atoms with van der Waals surface area (Å²) >= 11 is 0. The van der Waals surface area contributed by atoms with Crippen molar-refractivity contribution in [2.24, 2.45) is 23.7 Å². The summed E-state index contributed by atoms with van der Waals surface area (Å²) in [5.74, 6) is 0.751. The quantitative estimate of drug-likeness (QED) is 0.0222. The highest BCUT2D eigenvalue weighted by atomic mass is 31.2. The van der Waals surface area contributed by atoms with Crippen molar-refractivity contribution in [2.45, 2.75) is 324 Å². The third-order valence-electron chi connectivity index (χ3n) is 14.9. The van der Waals surface area contributed by atoms with Gasteiger partial charge in [0.15, 0.2) is 12.2 Å². The number of ether oxygens (including phenoxy) is 4. The molecule has 6 atom stereocenters. The van der Waals surface area contributed by atoms with E-state index in [0.29, 0.717) is 31.6 Å². The van der Waals surface area contributed by atoms with Gasteiger partial charge in [-0.05, 0) is 49.4 Å². The highest BCUT2D eigenvalue weighted by Crippen LogP contribution is 2.45. The number of phosphoric acid groups is 2. The molecular formula is C64H124O17P2. The van der Waals surface area contributed by atoms with Crippen LogP contribution in [0.3, 0.4) is 0 Å². The van der Waals surface area contributed by atoms with Gasteiger partial charge in [-0.15, -0.1) is 0 Å². The molecule has 0 amide bonds. The van der Waals surface area contributed by atoms with Crippen LogP contribution in [0.5, 0.6) is 0 Å². The summed E-state index contributed by atoms with van der Waals surface area (Å²) in [4.78, 5) is 72.2. The second-order valence-electron chi connectivity index (χ2n) is 24.8. The van der Waals surface area contributed by atoms with E-state index in [-0.39, 0.29) is 25.7 Å². The molecule has 0 aliphatic rings. The fourth-order valence-corrected chi connectivity index (χ4v) is 11.0. The molecule has 0 aromatic heterocycles. The number of aliphatic hydroxyl groups is 1. The summed E-state index contributed by atoms with van der Waals surface area (Å²) in [5.41, 5.74) is 0. The molecule has 17 nitrogen and oxygen atoms in total. The van der Waals surface area contributed by atoms with E-state index in [0.717, 1.165) is 114 Å². The Labute approximate surface area is 505 Å². The van der Waals surface area contributed by atoms with Crippen molar-refractivity contribution in [2.75, 3.05) is 39.6 Å². The Hall–Kier alpha value is -1.94. The Balaban J connectivity index is 5.26. The average molecular weight is 1230 g/mol. The lowest BCUT2D eigenvalue weighted by atomic mass is 9.99. The average Bonchev–Trinajstić information content (AvgIpc) is 3.43. The summed E-state index contributed by atoms with van der Waals surface area (Å²) in [6, 6.07) is 0. The van der Waals surface area contributed by atoms with E-state index in [2.05, 4.69) is 55.4 Å². The minimum atomic E-state index is -4.95. The van der Waals surface area contributed by atoms with E-state index in [4.69, 9.17) is 37.0 Å². The largest absolute Gasteiger partial charge is 0.472 e. The Kier molecular flexibility index (Phi) is 53.0. The van der Waals surface area contributed by atoms with Gasteiger partial charge in [-0.2, -0.15) is 0 Å². The first kappa shape index (κ1) is 81.1. The molecule has 0 fully saturated rings. The first-order valence-corrected chi connectivity index (χ1v) is 36.2. The van der Waals surface area contributed by atoms with Crippen LogP contribution in [-0.4, -0.2) is 96.7 Å². The molecule has 492 valence electrons. The van der Waals surface area contributed by atoms with E-state index in [1.54, 1.807) is 0 Å². The fraction of sp³-hybridized carbons (Fsp3) is 0.938. The van der Waals surface area contributed by atoms with Crippen LogP contribution in [0.2, 0.25) is 0 Å². The van der Waals surface area contributed by atoms with Crippen molar-refractivity contribution >= 4 is 39.5 Å². The van der Waals surface area contributed by atoms with Gasteiger partial charge in [0.25, 0.3) is 0 Å². The Morgan fingerprint density at radius 2 is 0.578 bits per heavy atom. The van der Waals surface area contributed by atoms with Crippen LogP contribution in [0.15, 0.2) is 0 Å². The maximum absolute atomic E-state index is 13.0. The highest BCUT2D eigenvalue weighted by Gasteiger charge is 2.30. The molecule has 19 heteroatoms. The van der Waals surface area contributed by atoms with Gasteiger partial charge in [0.05, 0.1) is 26.4 Å². The minimum absolute atomic E-state index is 0.103. The zero-order valence-electron chi connectivity index (χ0n) is 53.8. The van der Waals surface area contributed by atoms with Crippen molar-refractivity contribution in [3.63, 3.8) is 0 Å². The number of esters is 4. The van der Waals surface area contributed by atoms with Gasteiger partial charge in [0.1, 0.15) is 19.3 Å². The number of rotatable bonds is 61. The van der Waals surface area contributed by atoms with E-state index < -0.39 is 97.5 Å². The zero-order chi connectivity index (χ0) is 61.8. The smallest absolute Gasteiger partial charge is 0.462 e. The van der Waals surface area contributed by atoms with Crippen molar-refractivity contribution in [1.29, 1.82) is 0 Å². The van der Waals surface area contributed by atoms with Crippen LogP contribution in [0.25, 0.3) is 0 Å². The van der Waals surface area contributed by atoms with Gasteiger partial charge >= 0.3 is 39.5 Å². The molecule has 0 spiro atoms. The molecule has 0 bridgehead atoms. The fourth-order valence-electron chi connectivity index (χ4n) is 9.40. The molecule has 3 unspecified atom stereocenters. The molecule has 0 heterocycles. The van der Waals surface area contributed by atoms with Crippen molar-refractivity contribution in [1.82, 2.24) is 0 Å². The number of hydrogen-bond acceptors (Lipinski definition) is 15. The third-order valence-corrected chi connectivity index (χ3v) is 16.8. The van der Waals surface area contributed by atoms with Crippen molar-refractivity contribution < 1.29 is 80.2 Å². The number of carbonyl (C=O) groups excluding carboxylic acids is 4. The Bertz CT molecular complexity index is 1660. The molecule has 0 aromatic rings. The molecule has 0 rings (SSSR count). The minimum Gasteiger partial charge on any atom is -0.462 e. The summed E-state index contributed by atoms with van der Waals surface area (Å²) in [6.07, 6.45) is 33.6. The first-order chi connectivity index (χ1) is 39.6. The standard InChI is InChI=1S/C64H124O17P2/c1-9-57(8)43-35-27-18-12-15-21-31-39-47-64(69)81-60(51-75-62(67)45-37-29-23-22-26-34-42-56(6)7)53-79-83(72,73)77-49-58(65)48-76-82(70,71)78-52-59(80-63(68)46-38-30-20-14-11-17-25-33-41-55(4)5)50-74-61(66)44-36-28-19-13-10-16-24-32-40-54(2)3/h54-60,65H,9-53H2,1-8H3,(H,70,71)(H,72,73)/t57?,58-,59-,60-/m1/s1. The van der Waals surface area contributed by atoms with Crippen molar-refractivity contribution in [3.05, 3.63) is 0 Å². The molecule has 0 radical (unpaired) electrons. The maximum atomic E-state index is 13.0. The number of aliphatic hydroxyl groups excluding tert-OH is 1. The second kappa shape index (κ2) is 54.2. The highest BCUT2D eigenvalue weighted by molar-refractivity contribution is 7.47. The predicted octanol–water partition coefficient (Wildman–Crippen LogP) is 17.4. The zero-order valence-corrected chi connectivity index (χ0v) is 55.6. The summed E-state index contributed by atoms with van der Waals surface area (Å²) in [7, 11) is -9.89. The second-order valence-corrected chi connectivity index (χ2v) is 27.7. The van der Waals surface area contributed by atoms with Gasteiger partial charge in [-0.1, -0.05) is 254 Å². The number of hydrogen-bond donors (Lipinski definition) is 3. The topological polar surface area (TPSA) is 237 Å². The molecule has 0 saturated heterocycles. The molecule has 0 aliphatic carbocycles. The molecule has 83 heavy (non-hydrogen) atoms. The normalized spacial score (nSPS) is 14.8. The van der Waals surface area contributed by atoms with Gasteiger partial charge in [0.2, 0.25) is 0 Å². The van der Waals surface area contributed by atoms with E-state index in [1.165, 1.54) is 103 Å².